The van der Waals surface area contributed by atoms with Crippen LogP contribution in [0.25, 0.3) is 22.6 Å². The number of non-ortho nitro benzene ring substituents is 1. The molecule has 0 amide bonds. The van der Waals surface area contributed by atoms with Gasteiger partial charge in [-0.1, -0.05) is 17.9 Å². The summed E-state index contributed by atoms with van der Waals surface area (Å²) in [6, 6.07) is 13.5. The highest BCUT2D eigenvalue weighted by atomic mass is 16.6. The molecule has 0 radical (unpaired) electrons. The highest BCUT2D eigenvalue weighted by Gasteiger charge is 2.14. The summed E-state index contributed by atoms with van der Waals surface area (Å²) in [6.45, 7) is 3.86. The molecule has 8 nitrogen and oxygen atoms in total. The Bertz CT molecular complexity index is 1340. The molecule has 0 atom stereocenters. The van der Waals surface area contributed by atoms with Crippen molar-refractivity contribution in [1.29, 1.82) is 0 Å². The number of hydrogen-bond acceptors (Lipinski definition) is 7. The van der Waals surface area contributed by atoms with Crippen molar-refractivity contribution in [3.05, 3.63) is 75.3 Å². The lowest BCUT2D eigenvalue weighted by atomic mass is 10.1. The molecule has 1 aromatic heterocycles. The van der Waals surface area contributed by atoms with E-state index in [0.29, 0.717) is 17.2 Å². The van der Waals surface area contributed by atoms with Crippen molar-refractivity contribution in [3.63, 3.8) is 0 Å². The molecule has 0 saturated carbocycles. The van der Waals surface area contributed by atoms with Gasteiger partial charge in [0.05, 0.1) is 23.8 Å². The van der Waals surface area contributed by atoms with Gasteiger partial charge in [-0.3, -0.25) is 15.1 Å². The topological polar surface area (TPSA) is 114 Å². The lowest BCUT2D eigenvalue weighted by molar-refractivity contribution is -0.385. The van der Waals surface area contributed by atoms with Crippen LogP contribution in [0.5, 0.6) is 11.5 Å². The van der Waals surface area contributed by atoms with Gasteiger partial charge in [0.2, 0.25) is 5.89 Å². The quantitative estimate of drug-likeness (QED) is 0.261. The van der Waals surface area contributed by atoms with Gasteiger partial charge in [0.1, 0.15) is 11.3 Å². The van der Waals surface area contributed by atoms with E-state index in [9.17, 15) is 15.2 Å². The summed E-state index contributed by atoms with van der Waals surface area (Å²) in [5, 5.41) is 23.6. The van der Waals surface area contributed by atoms with E-state index in [-0.39, 0.29) is 17.0 Å². The van der Waals surface area contributed by atoms with Crippen LogP contribution in [0.4, 0.5) is 11.4 Å². The summed E-state index contributed by atoms with van der Waals surface area (Å²) in [5.74, 6) is -0.112. The molecule has 0 saturated heterocycles. The number of fused-ring (bicyclic) bond motifs is 1. The Morgan fingerprint density at radius 2 is 1.97 bits per heavy atom. The molecule has 0 aliphatic rings. The maximum atomic E-state index is 12.4. The standard InChI is InChI=1S/C23H19N3O5/c1-13-7-8-20-19(9-13)25-23(31-20)17-5-4-6-18(14(17)2)24-12-15-10-16(26(28)29)11-21(30-3)22(15)27/h4-12,27H,1-3H3/p-1. The Balaban J connectivity index is 1.74. The van der Waals surface area contributed by atoms with E-state index in [0.717, 1.165) is 28.3 Å². The molecule has 0 aliphatic heterocycles. The predicted octanol–water partition coefficient (Wildman–Crippen LogP) is 4.85. The van der Waals surface area contributed by atoms with Gasteiger partial charge in [-0.25, -0.2) is 4.98 Å². The van der Waals surface area contributed by atoms with Crippen LogP contribution in [0, 0.1) is 24.0 Å². The van der Waals surface area contributed by atoms with Crippen LogP contribution in [0.3, 0.4) is 0 Å². The van der Waals surface area contributed by atoms with Gasteiger partial charge < -0.3 is 14.3 Å². The smallest absolute Gasteiger partial charge is 0.273 e. The molecule has 0 unspecified atom stereocenters. The molecule has 0 fully saturated rings. The maximum Gasteiger partial charge on any atom is 0.273 e. The molecule has 1 heterocycles. The summed E-state index contributed by atoms with van der Waals surface area (Å²) in [5.41, 5.74) is 4.51. The Hall–Kier alpha value is -4.20. The van der Waals surface area contributed by atoms with Gasteiger partial charge in [-0.2, -0.15) is 0 Å². The fraction of sp³-hybridized carbons (Fsp3) is 0.130. The van der Waals surface area contributed by atoms with Gasteiger partial charge in [0.25, 0.3) is 5.69 Å². The van der Waals surface area contributed by atoms with E-state index in [1.165, 1.54) is 19.4 Å². The molecular weight excluding hydrogens is 398 g/mol. The van der Waals surface area contributed by atoms with E-state index >= 15 is 0 Å². The first-order chi connectivity index (χ1) is 14.9. The SMILES string of the molecule is COc1cc([N+](=O)[O-])cc(C=Nc2cccc(-c3nc4cc(C)ccc4o3)c2C)c1[O-]. The Morgan fingerprint density at radius 3 is 2.71 bits per heavy atom. The van der Waals surface area contributed by atoms with Crippen LogP contribution < -0.4 is 9.84 Å². The number of rotatable bonds is 5. The van der Waals surface area contributed by atoms with E-state index in [2.05, 4.69) is 9.98 Å². The molecule has 31 heavy (non-hydrogen) atoms. The van der Waals surface area contributed by atoms with E-state index in [4.69, 9.17) is 9.15 Å². The second kappa shape index (κ2) is 7.91. The first kappa shape index (κ1) is 20.1. The van der Waals surface area contributed by atoms with Crippen LogP contribution in [0.1, 0.15) is 16.7 Å². The third kappa shape index (κ3) is 3.83. The van der Waals surface area contributed by atoms with Crippen LogP contribution in [-0.2, 0) is 0 Å². The lowest BCUT2D eigenvalue weighted by Crippen LogP contribution is -2.02. The van der Waals surface area contributed by atoms with Crippen molar-refractivity contribution in [1.82, 2.24) is 4.98 Å². The highest BCUT2D eigenvalue weighted by Crippen LogP contribution is 2.34. The van der Waals surface area contributed by atoms with Crippen LogP contribution in [-0.4, -0.2) is 23.2 Å². The van der Waals surface area contributed by atoms with Gasteiger partial charge in [0.15, 0.2) is 5.58 Å². The molecule has 0 spiro atoms. The van der Waals surface area contributed by atoms with E-state index in [1.807, 2.05) is 38.1 Å². The number of aryl methyl sites for hydroxylation is 1. The van der Waals surface area contributed by atoms with Crippen molar-refractivity contribution in [3.8, 4) is 23.0 Å². The van der Waals surface area contributed by atoms with Gasteiger partial charge in [0, 0.05) is 17.8 Å². The predicted molar refractivity (Wildman–Crippen MR) is 115 cm³/mol. The number of hydrogen-bond donors (Lipinski definition) is 0. The molecular formula is C23H18N3O5-. The molecule has 0 N–H and O–H groups in total. The zero-order valence-electron chi connectivity index (χ0n) is 17.1. The molecule has 8 heteroatoms. The molecule has 0 aliphatic carbocycles. The minimum atomic E-state index is -0.583. The first-order valence-electron chi connectivity index (χ1n) is 9.42. The molecule has 3 aromatic carbocycles. The summed E-state index contributed by atoms with van der Waals surface area (Å²) >= 11 is 0. The average molecular weight is 416 g/mol. The van der Waals surface area contributed by atoms with Crippen molar-refractivity contribution in [2.24, 2.45) is 4.99 Å². The fourth-order valence-electron chi connectivity index (χ4n) is 3.25. The minimum Gasteiger partial charge on any atom is -0.870 e. The van der Waals surface area contributed by atoms with Crippen LogP contribution in [0.2, 0.25) is 0 Å². The fourth-order valence-corrected chi connectivity index (χ4v) is 3.25. The number of aromatic nitrogens is 1. The summed E-state index contributed by atoms with van der Waals surface area (Å²) in [6.07, 6.45) is 1.30. The number of ether oxygens (including phenoxy) is 1. The van der Waals surface area contributed by atoms with Crippen LogP contribution in [0.15, 0.2) is 57.9 Å². The first-order valence-corrected chi connectivity index (χ1v) is 9.42. The lowest BCUT2D eigenvalue weighted by Gasteiger charge is -2.15. The molecule has 4 rings (SSSR count). The van der Waals surface area contributed by atoms with Gasteiger partial charge >= 0.3 is 0 Å². The normalized spacial score (nSPS) is 11.3. The number of oxazole rings is 1. The number of nitrogens with zero attached hydrogens (tertiary/aromatic N) is 3. The van der Waals surface area contributed by atoms with Crippen molar-refractivity contribution >= 4 is 28.7 Å². The number of nitro groups is 1. The Kier molecular flexibility index (Phi) is 5.12. The largest absolute Gasteiger partial charge is 0.870 e. The average Bonchev–Trinajstić information content (AvgIpc) is 3.16. The monoisotopic (exact) mass is 416 g/mol. The van der Waals surface area contributed by atoms with Crippen molar-refractivity contribution < 1.29 is 19.2 Å². The Morgan fingerprint density at radius 1 is 1.16 bits per heavy atom. The number of nitro benzene ring substituents is 1. The van der Waals surface area contributed by atoms with E-state index in [1.54, 1.807) is 12.1 Å². The zero-order valence-corrected chi connectivity index (χ0v) is 17.1. The number of aliphatic imine (C=N–C) groups is 1. The minimum absolute atomic E-state index is 0.0631. The second-order valence-corrected chi connectivity index (χ2v) is 7.02. The summed E-state index contributed by atoms with van der Waals surface area (Å²) in [7, 11) is 1.29. The second-order valence-electron chi connectivity index (χ2n) is 7.02. The molecule has 0 bridgehead atoms. The summed E-state index contributed by atoms with van der Waals surface area (Å²) < 4.78 is 10.9. The number of benzene rings is 3. The van der Waals surface area contributed by atoms with E-state index < -0.39 is 10.7 Å². The Labute approximate surface area is 177 Å². The third-order valence-corrected chi connectivity index (χ3v) is 4.92. The highest BCUT2D eigenvalue weighted by molar-refractivity contribution is 5.88. The van der Waals surface area contributed by atoms with Gasteiger partial charge in [-0.15, -0.1) is 0 Å². The van der Waals surface area contributed by atoms with Crippen molar-refractivity contribution in [2.45, 2.75) is 13.8 Å². The third-order valence-electron chi connectivity index (χ3n) is 4.92. The summed E-state index contributed by atoms with van der Waals surface area (Å²) in [4.78, 5) is 19.5. The molecule has 156 valence electrons. The zero-order chi connectivity index (χ0) is 22.1. The van der Waals surface area contributed by atoms with Gasteiger partial charge in [-0.05, 0) is 54.8 Å². The maximum absolute atomic E-state index is 12.4. The van der Waals surface area contributed by atoms with Crippen molar-refractivity contribution in [2.75, 3.05) is 7.11 Å². The number of methoxy groups -OCH3 is 1. The van der Waals surface area contributed by atoms with Crippen LogP contribution >= 0.6 is 0 Å². The molecule has 4 aromatic rings.